The summed E-state index contributed by atoms with van der Waals surface area (Å²) in [6.45, 7) is 0.733. The molecule has 1 unspecified atom stereocenters. The van der Waals surface area contributed by atoms with E-state index < -0.39 is 6.04 Å². The molecule has 7 nitrogen and oxygen atoms in total. The SMILES string of the molecule is O=C(Nc1cnc2c(Br)cccn12)NC1CCN(C2CCC2)C1=O. The summed E-state index contributed by atoms with van der Waals surface area (Å²) >= 11 is 3.43. The van der Waals surface area contributed by atoms with Gasteiger partial charge < -0.3 is 10.2 Å². The number of nitrogens with zero attached hydrogens (tertiary/aromatic N) is 3. The number of aromatic nitrogens is 2. The minimum absolute atomic E-state index is 0.0377. The largest absolute Gasteiger partial charge is 0.338 e. The highest BCUT2D eigenvalue weighted by molar-refractivity contribution is 9.10. The maximum Gasteiger partial charge on any atom is 0.321 e. The number of nitrogens with one attached hydrogen (secondary N) is 2. The number of likely N-dealkylation sites (tertiary alicyclic amines) is 1. The van der Waals surface area contributed by atoms with Crippen LogP contribution in [-0.2, 0) is 4.79 Å². The number of pyridine rings is 1. The number of anilines is 1. The molecule has 1 atom stereocenters. The molecule has 24 heavy (non-hydrogen) atoms. The second-order valence-corrected chi connectivity index (χ2v) is 7.10. The summed E-state index contributed by atoms with van der Waals surface area (Å²) in [4.78, 5) is 30.8. The zero-order valence-corrected chi connectivity index (χ0v) is 14.6. The highest BCUT2D eigenvalue weighted by atomic mass is 79.9. The molecular formula is C16H18BrN5O2. The van der Waals surface area contributed by atoms with Crippen molar-refractivity contribution in [1.29, 1.82) is 0 Å². The number of hydrogen-bond donors (Lipinski definition) is 2. The normalized spacial score (nSPS) is 21.1. The van der Waals surface area contributed by atoms with Crippen LogP contribution in [0.25, 0.3) is 5.65 Å². The van der Waals surface area contributed by atoms with E-state index in [-0.39, 0.29) is 11.9 Å². The van der Waals surface area contributed by atoms with Gasteiger partial charge in [0.05, 0.1) is 10.7 Å². The molecular weight excluding hydrogens is 374 g/mol. The number of rotatable bonds is 3. The van der Waals surface area contributed by atoms with Crippen molar-refractivity contribution < 1.29 is 9.59 Å². The zero-order chi connectivity index (χ0) is 16.7. The number of urea groups is 1. The molecule has 2 N–H and O–H groups in total. The van der Waals surface area contributed by atoms with E-state index in [4.69, 9.17) is 0 Å². The molecule has 1 aliphatic carbocycles. The first-order chi connectivity index (χ1) is 11.6. The molecule has 2 aromatic rings. The highest BCUT2D eigenvalue weighted by Gasteiger charge is 2.38. The van der Waals surface area contributed by atoms with E-state index in [1.807, 2.05) is 23.2 Å². The van der Waals surface area contributed by atoms with E-state index in [1.165, 1.54) is 6.42 Å². The van der Waals surface area contributed by atoms with Crippen LogP contribution in [0.1, 0.15) is 25.7 Å². The minimum Gasteiger partial charge on any atom is -0.338 e. The van der Waals surface area contributed by atoms with Crippen LogP contribution in [0.5, 0.6) is 0 Å². The van der Waals surface area contributed by atoms with Gasteiger partial charge in [0.15, 0.2) is 5.65 Å². The van der Waals surface area contributed by atoms with Gasteiger partial charge in [0.25, 0.3) is 0 Å². The Morgan fingerprint density at radius 2 is 2.17 bits per heavy atom. The van der Waals surface area contributed by atoms with Gasteiger partial charge in [0.1, 0.15) is 11.9 Å². The molecule has 0 spiro atoms. The summed E-state index contributed by atoms with van der Waals surface area (Å²) < 4.78 is 2.63. The Balaban J connectivity index is 1.41. The first kappa shape index (κ1) is 15.4. The highest BCUT2D eigenvalue weighted by Crippen LogP contribution is 2.28. The summed E-state index contributed by atoms with van der Waals surface area (Å²) in [5, 5.41) is 5.56. The average molecular weight is 392 g/mol. The molecule has 3 amide bonds. The lowest BCUT2D eigenvalue weighted by Crippen LogP contribution is -2.47. The summed E-state index contributed by atoms with van der Waals surface area (Å²) in [6, 6.07) is 3.31. The van der Waals surface area contributed by atoms with Gasteiger partial charge in [-0.3, -0.25) is 14.5 Å². The van der Waals surface area contributed by atoms with Crippen LogP contribution < -0.4 is 10.6 Å². The van der Waals surface area contributed by atoms with Crippen molar-refractivity contribution in [2.24, 2.45) is 0 Å². The number of imidazole rings is 1. The van der Waals surface area contributed by atoms with E-state index in [1.54, 1.807) is 10.6 Å². The average Bonchev–Trinajstić information content (AvgIpc) is 3.06. The Hall–Kier alpha value is -2.09. The first-order valence-corrected chi connectivity index (χ1v) is 8.92. The molecule has 0 aromatic carbocycles. The van der Waals surface area contributed by atoms with E-state index in [9.17, 15) is 9.59 Å². The van der Waals surface area contributed by atoms with Crippen LogP contribution in [0.3, 0.4) is 0 Å². The lowest BCUT2D eigenvalue weighted by molar-refractivity contribution is -0.132. The fourth-order valence-corrected chi connectivity index (χ4v) is 3.72. The Labute approximate surface area is 147 Å². The van der Waals surface area contributed by atoms with Crippen molar-refractivity contribution in [1.82, 2.24) is 19.6 Å². The van der Waals surface area contributed by atoms with Crippen molar-refractivity contribution in [3.05, 3.63) is 29.0 Å². The smallest absolute Gasteiger partial charge is 0.321 e. The van der Waals surface area contributed by atoms with Crippen LogP contribution in [0, 0.1) is 0 Å². The number of fused-ring (bicyclic) bond motifs is 1. The fraction of sp³-hybridized carbons (Fsp3) is 0.438. The first-order valence-electron chi connectivity index (χ1n) is 8.13. The summed E-state index contributed by atoms with van der Waals surface area (Å²) in [5.74, 6) is 0.598. The van der Waals surface area contributed by atoms with Crippen molar-refractivity contribution in [3.8, 4) is 0 Å². The predicted octanol–water partition coefficient (Wildman–Crippen LogP) is 2.37. The standard InChI is InChI=1S/C16H18BrN5O2/c17-11-5-2-7-22-13(9-18-14(11)22)20-16(24)19-12-6-8-21(15(12)23)10-3-1-4-10/h2,5,7,9-10,12H,1,3-4,6,8H2,(H2,19,20,24). The monoisotopic (exact) mass is 391 g/mol. The van der Waals surface area contributed by atoms with Crippen molar-refractivity contribution in [2.45, 2.75) is 37.8 Å². The zero-order valence-electron chi connectivity index (χ0n) is 13.0. The second kappa shape index (κ2) is 6.08. The molecule has 8 heteroatoms. The van der Waals surface area contributed by atoms with Crippen LogP contribution in [-0.4, -0.2) is 44.9 Å². The molecule has 4 rings (SSSR count). The summed E-state index contributed by atoms with van der Waals surface area (Å²) in [6.07, 6.45) is 7.44. The summed E-state index contributed by atoms with van der Waals surface area (Å²) in [7, 11) is 0. The quantitative estimate of drug-likeness (QED) is 0.842. The lowest BCUT2D eigenvalue weighted by Gasteiger charge is -2.34. The predicted molar refractivity (Wildman–Crippen MR) is 92.8 cm³/mol. The minimum atomic E-state index is -0.434. The van der Waals surface area contributed by atoms with Gasteiger partial charge in [-0.2, -0.15) is 0 Å². The molecule has 2 aromatic heterocycles. The van der Waals surface area contributed by atoms with E-state index in [2.05, 4.69) is 31.5 Å². The molecule has 126 valence electrons. The van der Waals surface area contributed by atoms with Crippen LogP contribution in [0.4, 0.5) is 10.6 Å². The Bertz CT molecular complexity index is 801. The third-order valence-electron chi connectivity index (χ3n) is 4.79. The number of amides is 3. The van der Waals surface area contributed by atoms with E-state index in [0.717, 1.165) is 29.5 Å². The molecule has 2 fully saturated rings. The van der Waals surface area contributed by atoms with Crippen LogP contribution in [0.15, 0.2) is 29.0 Å². The fourth-order valence-electron chi connectivity index (χ4n) is 3.28. The third-order valence-corrected chi connectivity index (χ3v) is 5.41. The molecule has 1 aliphatic heterocycles. The Kier molecular flexibility index (Phi) is 3.91. The second-order valence-electron chi connectivity index (χ2n) is 6.25. The number of halogens is 1. The molecule has 0 bridgehead atoms. The molecule has 0 radical (unpaired) electrons. The van der Waals surface area contributed by atoms with Crippen LogP contribution >= 0.6 is 15.9 Å². The van der Waals surface area contributed by atoms with Gasteiger partial charge in [-0.15, -0.1) is 0 Å². The van der Waals surface area contributed by atoms with Crippen molar-refractivity contribution in [3.63, 3.8) is 0 Å². The number of hydrogen-bond acceptors (Lipinski definition) is 3. The van der Waals surface area contributed by atoms with Crippen molar-refractivity contribution in [2.75, 3.05) is 11.9 Å². The van der Waals surface area contributed by atoms with Crippen molar-refractivity contribution >= 4 is 39.3 Å². The van der Waals surface area contributed by atoms with Crippen LogP contribution in [0.2, 0.25) is 0 Å². The lowest BCUT2D eigenvalue weighted by atomic mass is 9.92. The summed E-state index contributed by atoms with van der Waals surface area (Å²) in [5.41, 5.74) is 0.723. The van der Waals surface area contributed by atoms with E-state index in [0.29, 0.717) is 18.3 Å². The number of carbonyl (C=O) groups is 2. The molecule has 2 aliphatic rings. The molecule has 1 saturated carbocycles. The van der Waals surface area contributed by atoms with E-state index >= 15 is 0 Å². The van der Waals surface area contributed by atoms with Gasteiger partial charge in [0, 0.05) is 18.8 Å². The maximum absolute atomic E-state index is 12.4. The Morgan fingerprint density at radius 1 is 1.33 bits per heavy atom. The van der Waals surface area contributed by atoms with Gasteiger partial charge in [-0.05, 0) is 53.7 Å². The number of carbonyl (C=O) groups excluding carboxylic acids is 2. The van der Waals surface area contributed by atoms with Gasteiger partial charge in [-0.1, -0.05) is 0 Å². The Morgan fingerprint density at radius 3 is 2.92 bits per heavy atom. The molecule has 1 saturated heterocycles. The topological polar surface area (TPSA) is 78.7 Å². The van der Waals surface area contributed by atoms with Gasteiger partial charge in [-0.25, -0.2) is 9.78 Å². The third kappa shape index (κ3) is 2.64. The van der Waals surface area contributed by atoms with Gasteiger partial charge >= 0.3 is 6.03 Å². The van der Waals surface area contributed by atoms with Gasteiger partial charge in [0.2, 0.25) is 5.91 Å². The maximum atomic E-state index is 12.4. The molecule has 3 heterocycles.